The average molecular weight is 295 g/mol. The Hall–Kier alpha value is -1.17. The van der Waals surface area contributed by atoms with Crippen LogP contribution in [0, 0.1) is 5.82 Å². The van der Waals surface area contributed by atoms with Crippen molar-refractivity contribution in [1.82, 2.24) is 4.90 Å². The maximum Gasteiger partial charge on any atom is 0.131 e. The molecule has 1 aromatic carbocycles. The van der Waals surface area contributed by atoms with Gasteiger partial charge in [0.05, 0.1) is 11.7 Å². The second-order valence-electron chi connectivity index (χ2n) is 6.13. The monoisotopic (exact) mass is 295 g/mol. The summed E-state index contributed by atoms with van der Waals surface area (Å²) >= 11 is 0. The summed E-state index contributed by atoms with van der Waals surface area (Å²) in [5.74, 6) is 0.292. The molecular weight excluding hydrogens is 273 g/mol. The first-order valence-corrected chi connectivity index (χ1v) is 7.61. The molecule has 0 spiro atoms. The van der Waals surface area contributed by atoms with Crippen LogP contribution < -0.4 is 4.74 Å². The van der Waals surface area contributed by atoms with Crippen molar-refractivity contribution in [3.8, 4) is 5.75 Å². The van der Waals surface area contributed by atoms with Crippen LogP contribution in [0.3, 0.4) is 0 Å². The van der Waals surface area contributed by atoms with Gasteiger partial charge in [-0.1, -0.05) is 18.9 Å². The van der Waals surface area contributed by atoms with Crippen molar-refractivity contribution in [2.24, 2.45) is 0 Å². The van der Waals surface area contributed by atoms with E-state index < -0.39 is 11.7 Å². The quantitative estimate of drug-likeness (QED) is 0.891. The first-order chi connectivity index (χ1) is 10.1. The van der Waals surface area contributed by atoms with E-state index in [1.165, 1.54) is 6.07 Å². The van der Waals surface area contributed by atoms with Crippen LogP contribution in [-0.2, 0) is 6.54 Å². The summed E-state index contributed by atoms with van der Waals surface area (Å²) < 4.78 is 19.5. The van der Waals surface area contributed by atoms with Crippen LogP contribution in [0.2, 0.25) is 0 Å². The lowest BCUT2D eigenvalue weighted by molar-refractivity contribution is -0.0825. The lowest BCUT2D eigenvalue weighted by atomic mass is 9.94. The molecule has 1 aliphatic carbocycles. The second kappa shape index (κ2) is 5.91. The third-order valence-corrected chi connectivity index (χ3v) is 4.64. The third kappa shape index (κ3) is 3.05. The van der Waals surface area contributed by atoms with E-state index >= 15 is 0 Å². The summed E-state index contributed by atoms with van der Waals surface area (Å²) in [5.41, 5.74) is -0.453. The Morgan fingerprint density at radius 1 is 1.33 bits per heavy atom. The Morgan fingerprint density at radius 2 is 2.10 bits per heavy atom. The maximum atomic E-state index is 13.9. The zero-order valence-electron chi connectivity index (χ0n) is 12.1. The highest BCUT2D eigenvalue weighted by molar-refractivity contribution is 5.35. The first-order valence-electron chi connectivity index (χ1n) is 7.61. The fraction of sp³-hybridized carbons (Fsp3) is 0.625. The van der Waals surface area contributed by atoms with Gasteiger partial charge in [0.1, 0.15) is 18.2 Å². The molecular formula is C16H22FNO3. The van der Waals surface area contributed by atoms with Gasteiger partial charge in [0.15, 0.2) is 0 Å². The van der Waals surface area contributed by atoms with E-state index in [-0.39, 0.29) is 5.82 Å². The molecule has 1 heterocycles. The molecule has 0 aromatic heterocycles. The molecule has 2 N–H and O–H groups in total. The van der Waals surface area contributed by atoms with Crippen LogP contribution in [0.4, 0.5) is 4.39 Å². The summed E-state index contributed by atoms with van der Waals surface area (Å²) in [6.45, 7) is 1.81. The molecule has 0 bridgehead atoms. The SMILES string of the molecule is OC(CN1CCOc2cccc(F)c2C1)C1(O)CCCC1. The first kappa shape index (κ1) is 14.8. The Labute approximate surface area is 124 Å². The van der Waals surface area contributed by atoms with Crippen LogP contribution in [-0.4, -0.2) is 46.5 Å². The fourth-order valence-electron chi connectivity index (χ4n) is 3.31. The molecule has 0 amide bonds. The van der Waals surface area contributed by atoms with Crippen molar-refractivity contribution in [2.45, 2.75) is 43.9 Å². The number of ether oxygens (including phenoxy) is 1. The van der Waals surface area contributed by atoms with Crippen molar-refractivity contribution in [3.05, 3.63) is 29.6 Å². The summed E-state index contributed by atoms with van der Waals surface area (Å²) in [6, 6.07) is 4.83. The second-order valence-corrected chi connectivity index (χ2v) is 6.13. The molecule has 1 aliphatic heterocycles. The normalized spacial score (nSPS) is 23.2. The van der Waals surface area contributed by atoms with E-state index in [1.54, 1.807) is 12.1 Å². The zero-order valence-corrected chi connectivity index (χ0v) is 12.1. The van der Waals surface area contributed by atoms with E-state index in [1.807, 2.05) is 4.90 Å². The number of aliphatic hydroxyl groups excluding tert-OH is 1. The lowest BCUT2D eigenvalue weighted by Gasteiger charge is -2.32. The molecule has 21 heavy (non-hydrogen) atoms. The van der Waals surface area contributed by atoms with Gasteiger partial charge in [0, 0.05) is 25.2 Å². The number of hydrogen-bond acceptors (Lipinski definition) is 4. The van der Waals surface area contributed by atoms with Gasteiger partial charge in [0.25, 0.3) is 0 Å². The van der Waals surface area contributed by atoms with Crippen LogP contribution in [0.15, 0.2) is 18.2 Å². The van der Waals surface area contributed by atoms with Gasteiger partial charge in [-0.2, -0.15) is 0 Å². The smallest absolute Gasteiger partial charge is 0.131 e. The van der Waals surface area contributed by atoms with Gasteiger partial charge in [0.2, 0.25) is 0 Å². The van der Waals surface area contributed by atoms with Crippen molar-refractivity contribution >= 4 is 0 Å². The molecule has 4 nitrogen and oxygen atoms in total. The molecule has 0 saturated heterocycles. The van der Waals surface area contributed by atoms with Crippen molar-refractivity contribution in [3.63, 3.8) is 0 Å². The predicted molar refractivity (Wildman–Crippen MR) is 76.6 cm³/mol. The summed E-state index contributed by atoms with van der Waals surface area (Å²) in [7, 11) is 0. The van der Waals surface area contributed by atoms with Gasteiger partial charge >= 0.3 is 0 Å². The summed E-state index contributed by atoms with van der Waals surface area (Å²) in [4.78, 5) is 1.95. The molecule has 1 atom stereocenters. The predicted octanol–water partition coefficient (Wildman–Crippen LogP) is 1.69. The Bertz CT molecular complexity index is 502. The number of halogens is 1. The summed E-state index contributed by atoms with van der Waals surface area (Å²) in [6.07, 6.45) is 2.39. The highest BCUT2D eigenvalue weighted by Gasteiger charge is 2.39. The minimum absolute atomic E-state index is 0.284. The Balaban J connectivity index is 1.70. The van der Waals surface area contributed by atoms with Gasteiger partial charge in [-0.25, -0.2) is 4.39 Å². The van der Waals surface area contributed by atoms with E-state index in [4.69, 9.17) is 4.74 Å². The number of benzene rings is 1. The van der Waals surface area contributed by atoms with Crippen LogP contribution in [0.5, 0.6) is 5.75 Å². The fourth-order valence-corrected chi connectivity index (χ4v) is 3.31. The minimum atomic E-state index is -0.981. The topological polar surface area (TPSA) is 52.9 Å². The number of fused-ring (bicyclic) bond motifs is 1. The standard InChI is InChI=1S/C16H22FNO3/c17-13-4-3-5-14-12(13)10-18(8-9-21-14)11-15(19)16(20)6-1-2-7-16/h3-5,15,19-20H,1-2,6-11H2. The number of aliphatic hydroxyl groups is 2. The number of nitrogens with zero attached hydrogens (tertiary/aromatic N) is 1. The van der Waals surface area contributed by atoms with E-state index in [9.17, 15) is 14.6 Å². The molecule has 5 heteroatoms. The minimum Gasteiger partial charge on any atom is -0.492 e. The van der Waals surface area contributed by atoms with Gasteiger partial charge in [-0.15, -0.1) is 0 Å². The average Bonchev–Trinajstić information content (AvgIpc) is 2.79. The highest BCUT2D eigenvalue weighted by Crippen LogP contribution is 2.33. The number of hydrogen-bond donors (Lipinski definition) is 2. The lowest BCUT2D eigenvalue weighted by Crippen LogP contribution is -2.47. The molecule has 2 aliphatic rings. The molecule has 3 rings (SSSR count). The molecule has 0 radical (unpaired) electrons. The van der Waals surface area contributed by atoms with Crippen LogP contribution in [0.25, 0.3) is 0 Å². The third-order valence-electron chi connectivity index (χ3n) is 4.64. The Kier molecular flexibility index (Phi) is 4.15. The van der Waals surface area contributed by atoms with Crippen molar-refractivity contribution < 1.29 is 19.3 Å². The van der Waals surface area contributed by atoms with Gasteiger partial charge < -0.3 is 14.9 Å². The van der Waals surface area contributed by atoms with E-state index in [2.05, 4.69) is 0 Å². The molecule has 1 fully saturated rings. The maximum absolute atomic E-state index is 13.9. The van der Waals surface area contributed by atoms with Crippen LogP contribution in [0.1, 0.15) is 31.2 Å². The van der Waals surface area contributed by atoms with Gasteiger partial charge in [-0.05, 0) is 25.0 Å². The number of rotatable bonds is 3. The summed E-state index contributed by atoms with van der Waals surface area (Å²) in [5, 5.41) is 20.8. The largest absolute Gasteiger partial charge is 0.492 e. The van der Waals surface area contributed by atoms with E-state index in [0.717, 1.165) is 12.8 Å². The number of β-amino-alcohol motifs (C(OH)–C–C–N with tert-alkyl or cyclic N) is 1. The molecule has 1 aromatic rings. The Morgan fingerprint density at radius 3 is 2.86 bits per heavy atom. The van der Waals surface area contributed by atoms with Crippen LogP contribution >= 0.6 is 0 Å². The zero-order chi connectivity index (χ0) is 14.9. The van der Waals surface area contributed by atoms with Crippen molar-refractivity contribution in [1.29, 1.82) is 0 Å². The van der Waals surface area contributed by atoms with E-state index in [0.29, 0.717) is 50.4 Å². The van der Waals surface area contributed by atoms with Crippen molar-refractivity contribution in [2.75, 3.05) is 19.7 Å². The molecule has 1 unspecified atom stereocenters. The van der Waals surface area contributed by atoms with Gasteiger partial charge in [-0.3, -0.25) is 4.90 Å². The highest BCUT2D eigenvalue weighted by atomic mass is 19.1. The molecule has 1 saturated carbocycles. The molecule has 116 valence electrons.